The van der Waals surface area contributed by atoms with Crippen LogP contribution in [0, 0.1) is 0 Å². The smallest absolute Gasteiger partial charge is 0.182 e. The number of aromatic nitrogens is 1. The highest BCUT2D eigenvalue weighted by Crippen LogP contribution is 2.26. The number of carbonyl (C=O) groups is 1. The number of aromatic hydroxyl groups is 1. The van der Waals surface area contributed by atoms with E-state index in [1.54, 1.807) is 24.3 Å². The first-order valence-electron chi connectivity index (χ1n) is 4.43. The highest BCUT2D eigenvalue weighted by atomic mass is 16.5. The molecular formula is C11H9NO3. The molecule has 2 rings (SSSR count). The van der Waals surface area contributed by atoms with Crippen LogP contribution >= 0.6 is 0 Å². The molecule has 1 heterocycles. The SMILES string of the molecule is CC(=O)c1nocc1-c1cccc(O)c1. The molecule has 0 aliphatic heterocycles. The standard InChI is InChI=1S/C11H9NO3/c1-7(13)11-10(6-15-12-11)8-3-2-4-9(14)5-8/h2-6,14H,1H3. The predicted molar refractivity (Wildman–Crippen MR) is 53.6 cm³/mol. The summed E-state index contributed by atoms with van der Waals surface area (Å²) >= 11 is 0. The summed E-state index contributed by atoms with van der Waals surface area (Å²) in [4.78, 5) is 11.2. The van der Waals surface area contributed by atoms with Crippen molar-refractivity contribution in [3.8, 4) is 16.9 Å². The van der Waals surface area contributed by atoms with Crippen LogP contribution in [0.3, 0.4) is 0 Å². The molecule has 1 aromatic heterocycles. The van der Waals surface area contributed by atoms with Crippen LogP contribution in [0.15, 0.2) is 35.1 Å². The molecule has 1 aromatic carbocycles. The minimum atomic E-state index is -0.165. The maximum absolute atomic E-state index is 11.2. The number of phenols is 1. The van der Waals surface area contributed by atoms with Crippen LogP contribution in [0.2, 0.25) is 0 Å². The van der Waals surface area contributed by atoms with E-state index in [2.05, 4.69) is 5.16 Å². The molecule has 76 valence electrons. The number of Topliss-reactive ketones (excluding diaryl/α,β-unsaturated/α-hetero) is 1. The monoisotopic (exact) mass is 203 g/mol. The van der Waals surface area contributed by atoms with Gasteiger partial charge in [0.2, 0.25) is 0 Å². The third kappa shape index (κ3) is 1.74. The number of hydrogen-bond donors (Lipinski definition) is 1. The molecule has 0 saturated heterocycles. The molecule has 0 atom stereocenters. The molecule has 4 heteroatoms. The summed E-state index contributed by atoms with van der Waals surface area (Å²) in [5.41, 5.74) is 1.58. The molecule has 1 N–H and O–H groups in total. The number of nitrogens with zero attached hydrogens (tertiary/aromatic N) is 1. The second-order valence-electron chi connectivity index (χ2n) is 3.18. The van der Waals surface area contributed by atoms with Gasteiger partial charge >= 0.3 is 0 Å². The summed E-state index contributed by atoms with van der Waals surface area (Å²) in [6.07, 6.45) is 1.39. The first-order chi connectivity index (χ1) is 7.18. The van der Waals surface area contributed by atoms with Gasteiger partial charge in [-0.3, -0.25) is 4.79 Å². The van der Waals surface area contributed by atoms with E-state index in [1.165, 1.54) is 13.2 Å². The van der Waals surface area contributed by atoms with Gasteiger partial charge in [-0.05, 0) is 17.7 Å². The third-order valence-electron chi connectivity index (χ3n) is 2.06. The van der Waals surface area contributed by atoms with E-state index >= 15 is 0 Å². The molecule has 0 spiro atoms. The lowest BCUT2D eigenvalue weighted by atomic mass is 10.0. The van der Waals surface area contributed by atoms with E-state index in [1.807, 2.05) is 0 Å². The van der Waals surface area contributed by atoms with Gasteiger partial charge in [-0.25, -0.2) is 0 Å². The molecule has 4 nitrogen and oxygen atoms in total. The van der Waals surface area contributed by atoms with Gasteiger partial charge in [0.15, 0.2) is 11.5 Å². The zero-order chi connectivity index (χ0) is 10.8. The number of hydrogen-bond acceptors (Lipinski definition) is 4. The third-order valence-corrected chi connectivity index (χ3v) is 2.06. The maximum Gasteiger partial charge on any atom is 0.182 e. The van der Waals surface area contributed by atoms with Gasteiger partial charge in [0.05, 0.1) is 5.56 Å². The van der Waals surface area contributed by atoms with Crippen LogP contribution in [0.4, 0.5) is 0 Å². The van der Waals surface area contributed by atoms with Crippen molar-refractivity contribution in [2.75, 3.05) is 0 Å². The Kier molecular flexibility index (Phi) is 2.25. The molecule has 0 radical (unpaired) electrons. The molecule has 0 saturated carbocycles. The molecular weight excluding hydrogens is 194 g/mol. The van der Waals surface area contributed by atoms with Crippen molar-refractivity contribution in [2.45, 2.75) is 6.92 Å². The molecule has 0 bridgehead atoms. The van der Waals surface area contributed by atoms with Gasteiger partial charge in [-0.1, -0.05) is 17.3 Å². The van der Waals surface area contributed by atoms with Gasteiger partial charge in [-0.2, -0.15) is 0 Å². The fraction of sp³-hybridized carbons (Fsp3) is 0.0909. The van der Waals surface area contributed by atoms with Crippen LogP contribution in [0.1, 0.15) is 17.4 Å². The minimum absolute atomic E-state index is 0.142. The number of benzene rings is 1. The summed E-state index contributed by atoms with van der Waals surface area (Å²) in [6.45, 7) is 1.42. The van der Waals surface area contributed by atoms with Crippen LogP contribution in [0.25, 0.3) is 11.1 Å². The topological polar surface area (TPSA) is 63.3 Å². The van der Waals surface area contributed by atoms with E-state index in [4.69, 9.17) is 4.52 Å². The van der Waals surface area contributed by atoms with E-state index < -0.39 is 0 Å². The average molecular weight is 203 g/mol. The quantitative estimate of drug-likeness (QED) is 0.760. The normalized spacial score (nSPS) is 10.2. The van der Waals surface area contributed by atoms with Crippen LogP contribution in [-0.4, -0.2) is 16.0 Å². The molecule has 0 aliphatic rings. The van der Waals surface area contributed by atoms with Gasteiger partial charge in [0, 0.05) is 6.92 Å². The van der Waals surface area contributed by atoms with Crippen LogP contribution in [-0.2, 0) is 0 Å². The van der Waals surface area contributed by atoms with Crippen molar-refractivity contribution in [3.05, 3.63) is 36.2 Å². The second-order valence-corrected chi connectivity index (χ2v) is 3.18. The van der Waals surface area contributed by atoms with Crippen molar-refractivity contribution < 1.29 is 14.4 Å². The summed E-state index contributed by atoms with van der Waals surface area (Å²) in [5, 5.41) is 12.9. The van der Waals surface area contributed by atoms with Gasteiger partial charge < -0.3 is 9.63 Å². The summed E-state index contributed by atoms with van der Waals surface area (Å²) in [6, 6.07) is 6.59. The average Bonchev–Trinajstić information content (AvgIpc) is 2.65. The van der Waals surface area contributed by atoms with E-state index in [9.17, 15) is 9.90 Å². The van der Waals surface area contributed by atoms with Crippen molar-refractivity contribution in [1.29, 1.82) is 0 Å². The second kappa shape index (κ2) is 3.57. The van der Waals surface area contributed by atoms with E-state index in [0.29, 0.717) is 11.1 Å². The first-order valence-corrected chi connectivity index (χ1v) is 4.43. The van der Waals surface area contributed by atoms with Crippen molar-refractivity contribution in [3.63, 3.8) is 0 Å². The lowest BCUT2D eigenvalue weighted by Gasteiger charge is -1.98. The zero-order valence-corrected chi connectivity index (χ0v) is 8.10. The summed E-state index contributed by atoms with van der Waals surface area (Å²) in [5.74, 6) is -0.0229. The molecule has 0 amide bonds. The lowest BCUT2D eigenvalue weighted by Crippen LogP contribution is -1.94. The Labute approximate surface area is 86.1 Å². The Morgan fingerprint density at radius 2 is 2.27 bits per heavy atom. The Morgan fingerprint density at radius 3 is 2.93 bits per heavy atom. The Balaban J connectivity index is 2.54. The Bertz CT molecular complexity index is 502. The fourth-order valence-corrected chi connectivity index (χ4v) is 1.37. The van der Waals surface area contributed by atoms with Crippen molar-refractivity contribution in [2.24, 2.45) is 0 Å². The minimum Gasteiger partial charge on any atom is -0.508 e. The predicted octanol–water partition coefficient (Wildman–Crippen LogP) is 2.25. The highest BCUT2D eigenvalue weighted by Gasteiger charge is 2.13. The largest absolute Gasteiger partial charge is 0.508 e. The van der Waals surface area contributed by atoms with E-state index in [0.717, 1.165) is 0 Å². The number of rotatable bonds is 2. The van der Waals surface area contributed by atoms with Crippen molar-refractivity contribution in [1.82, 2.24) is 5.16 Å². The van der Waals surface area contributed by atoms with Gasteiger partial charge in [0.25, 0.3) is 0 Å². The number of phenolic OH excluding ortho intramolecular Hbond substituents is 1. The molecule has 0 fully saturated rings. The number of carbonyl (C=O) groups excluding carboxylic acids is 1. The van der Waals surface area contributed by atoms with Crippen LogP contribution < -0.4 is 0 Å². The Hall–Kier alpha value is -2.10. The van der Waals surface area contributed by atoms with Gasteiger partial charge in [-0.15, -0.1) is 0 Å². The molecule has 0 aliphatic carbocycles. The first kappa shape index (κ1) is 9.45. The Morgan fingerprint density at radius 1 is 1.47 bits per heavy atom. The summed E-state index contributed by atoms with van der Waals surface area (Å²) in [7, 11) is 0. The lowest BCUT2D eigenvalue weighted by molar-refractivity contribution is 0.100. The molecule has 15 heavy (non-hydrogen) atoms. The maximum atomic E-state index is 11.2. The van der Waals surface area contributed by atoms with Crippen molar-refractivity contribution >= 4 is 5.78 Å². The molecule has 0 unspecified atom stereocenters. The zero-order valence-electron chi connectivity index (χ0n) is 8.10. The van der Waals surface area contributed by atoms with Crippen LogP contribution in [0.5, 0.6) is 5.75 Å². The molecule has 2 aromatic rings. The number of ketones is 1. The van der Waals surface area contributed by atoms with E-state index in [-0.39, 0.29) is 17.2 Å². The van der Waals surface area contributed by atoms with Gasteiger partial charge in [0.1, 0.15) is 12.0 Å². The fourth-order valence-electron chi connectivity index (χ4n) is 1.37. The summed E-state index contributed by atoms with van der Waals surface area (Å²) < 4.78 is 4.75. The highest BCUT2D eigenvalue weighted by molar-refractivity contribution is 5.98.